The molecule has 0 saturated carbocycles. The van der Waals surface area contributed by atoms with Crippen LogP contribution in [-0.4, -0.2) is 19.5 Å². The Bertz CT molecular complexity index is 677. The van der Waals surface area contributed by atoms with E-state index in [1.54, 1.807) is 48.3 Å². The molecule has 2 aromatic rings. The van der Waals surface area contributed by atoms with Crippen molar-refractivity contribution in [1.29, 1.82) is 5.26 Å². The van der Waals surface area contributed by atoms with Crippen molar-refractivity contribution in [2.24, 2.45) is 0 Å². The van der Waals surface area contributed by atoms with Gasteiger partial charge in [0.05, 0.1) is 17.8 Å². The first kappa shape index (κ1) is 14.9. The summed E-state index contributed by atoms with van der Waals surface area (Å²) in [6.45, 7) is 0.154. The van der Waals surface area contributed by atoms with E-state index in [2.05, 4.69) is 11.4 Å². The van der Waals surface area contributed by atoms with Gasteiger partial charge in [-0.3, -0.25) is 4.79 Å². The van der Waals surface area contributed by atoms with Gasteiger partial charge >= 0.3 is 0 Å². The summed E-state index contributed by atoms with van der Waals surface area (Å²) in [5.41, 5.74) is 1.96. The lowest BCUT2D eigenvalue weighted by molar-refractivity contribution is -0.114. The number of nitrogens with one attached hydrogen (secondary N) is 1. The lowest BCUT2D eigenvalue weighted by Crippen LogP contribution is -2.30. The van der Waals surface area contributed by atoms with Gasteiger partial charge in [0.15, 0.2) is 0 Å². The van der Waals surface area contributed by atoms with Crippen LogP contribution >= 0.6 is 11.6 Å². The van der Waals surface area contributed by atoms with Crippen molar-refractivity contribution in [2.45, 2.75) is 0 Å². The van der Waals surface area contributed by atoms with Gasteiger partial charge in [-0.2, -0.15) is 5.26 Å². The minimum absolute atomic E-state index is 0.154. The highest BCUT2D eigenvalue weighted by atomic mass is 35.5. The number of amides is 1. The van der Waals surface area contributed by atoms with E-state index in [4.69, 9.17) is 16.9 Å². The molecule has 0 unspecified atom stereocenters. The molecule has 0 aliphatic rings. The molecule has 1 amide bonds. The second-order valence-electron chi connectivity index (χ2n) is 4.54. The molecule has 0 spiro atoms. The number of carbonyl (C=O) groups is 1. The predicted octanol–water partition coefficient (Wildman–Crippen LogP) is 3.29. The van der Waals surface area contributed by atoms with Crippen molar-refractivity contribution in [3.05, 3.63) is 59.1 Å². The molecule has 21 heavy (non-hydrogen) atoms. The molecule has 0 radical (unpaired) electrons. The fraction of sp³-hybridized carbons (Fsp3) is 0.125. The number of hydrogen-bond donors (Lipinski definition) is 1. The summed E-state index contributed by atoms with van der Waals surface area (Å²) in [5, 5.41) is 12.5. The molecule has 0 aromatic heterocycles. The van der Waals surface area contributed by atoms with Crippen molar-refractivity contribution in [3.63, 3.8) is 0 Å². The Labute approximate surface area is 128 Å². The van der Waals surface area contributed by atoms with Gasteiger partial charge in [0.25, 0.3) is 0 Å². The molecular formula is C16H14ClN3O. The summed E-state index contributed by atoms with van der Waals surface area (Å²) in [4.78, 5) is 13.8. The molecule has 0 atom stereocenters. The molecule has 0 aliphatic carbocycles. The zero-order chi connectivity index (χ0) is 15.2. The van der Waals surface area contributed by atoms with Gasteiger partial charge in [-0.05, 0) is 36.4 Å². The Morgan fingerprint density at radius 3 is 2.57 bits per heavy atom. The van der Waals surface area contributed by atoms with Gasteiger partial charge in [-0.15, -0.1) is 0 Å². The lowest BCUT2D eigenvalue weighted by Gasteiger charge is -2.19. The predicted molar refractivity (Wildman–Crippen MR) is 84.5 cm³/mol. The lowest BCUT2D eigenvalue weighted by atomic mass is 10.2. The molecule has 0 saturated heterocycles. The SMILES string of the molecule is CN(CC(=O)Nc1ccc(Cl)cc1)c1ccccc1C#N. The van der Waals surface area contributed by atoms with E-state index in [-0.39, 0.29) is 12.5 Å². The van der Waals surface area contributed by atoms with Gasteiger partial charge in [0, 0.05) is 17.8 Å². The highest BCUT2D eigenvalue weighted by Gasteiger charge is 2.11. The third-order valence-corrected chi connectivity index (χ3v) is 3.20. The number of carbonyl (C=O) groups excluding carboxylic acids is 1. The minimum Gasteiger partial charge on any atom is -0.364 e. The summed E-state index contributed by atoms with van der Waals surface area (Å²) >= 11 is 5.79. The third-order valence-electron chi connectivity index (χ3n) is 2.94. The van der Waals surface area contributed by atoms with Crippen LogP contribution in [0.1, 0.15) is 5.56 Å². The molecule has 0 fully saturated rings. The Morgan fingerprint density at radius 2 is 1.90 bits per heavy atom. The number of benzene rings is 2. The fourth-order valence-electron chi connectivity index (χ4n) is 1.94. The number of para-hydroxylation sites is 1. The third kappa shape index (κ3) is 3.98. The smallest absolute Gasteiger partial charge is 0.243 e. The van der Waals surface area contributed by atoms with E-state index < -0.39 is 0 Å². The zero-order valence-electron chi connectivity index (χ0n) is 11.5. The first-order valence-corrected chi connectivity index (χ1v) is 6.73. The summed E-state index contributed by atoms with van der Waals surface area (Å²) in [5.74, 6) is -0.160. The van der Waals surface area contributed by atoms with Crippen LogP contribution in [0.2, 0.25) is 5.02 Å². The van der Waals surface area contributed by atoms with Crippen LogP contribution in [0.3, 0.4) is 0 Å². The van der Waals surface area contributed by atoms with Gasteiger partial charge in [0.1, 0.15) is 6.07 Å². The molecule has 1 N–H and O–H groups in total. The first-order valence-electron chi connectivity index (χ1n) is 6.36. The Hall–Kier alpha value is -2.51. The second kappa shape index (κ2) is 6.78. The van der Waals surface area contributed by atoms with Crippen LogP contribution in [0.4, 0.5) is 11.4 Å². The van der Waals surface area contributed by atoms with Crippen LogP contribution < -0.4 is 10.2 Å². The first-order chi connectivity index (χ1) is 10.1. The van der Waals surface area contributed by atoms with E-state index in [9.17, 15) is 4.79 Å². The van der Waals surface area contributed by atoms with Gasteiger partial charge < -0.3 is 10.2 Å². The van der Waals surface area contributed by atoms with Crippen LogP contribution in [-0.2, 0) is 4.79 Å². The van der Waals surface area contributed by atoms with Gasteiger partial charge in [-0.25, -0.2) is 0 Å². The van der Waals surface area contributed by atoms with E-state index in [1.165, 1.54) is 0 Å². The fourth-order valence-corrected chi connectivity index (χ4v) is 2.06. The van der Waals surface area contributed by atoms with Crippen molar-refractivity contribution >= 4 is 28.9 Å². The van der Waals surface area contributed by atoms with Crippen LogP contribution in [0.15, 0.2) is 48.5 Å². The molecule has 0 bridgehead atoms. The molecule has 5 heteroatoms. The van der Waals surface area contributed by atoms with Crippen molar-refractivity contribution in [2.75, 3.05) is 23.8 Å². The van der Waals surface area contributed by atoms with Gasteiger partial charge in [-0.1, -0.05) is 23.7 Å². The van der Waals surface area contributed by atoms with E-state index >= 15 is 0 Å². The normalized spacial score (nSPS) is 9.76. The van der Waals surface area contributed by atoms with Crippen molar-refractivity contribution in [3.8, 4) is 6.07 Å². The highest BCUT2D eigenvalue weighted by Crippen LogP contribution is 2.18. The van der Waals surface area contributed by atoms with E-state index in [0.717, 1.165) is 5.69 Å². The monoisotopic (exact) mass is 299 g/mol. The van der Waals surface area contributed by atoms with E-state index in [1.807, 2.05) is 12.1 Å². The topological polar surface area (TPSA) is 56.1 Å². The van der Waals surface area contributed by atoms with Gasteiger partial charge in [0.2, 0.25) is 5.91 Å². The molecule has 0 aliphatic heterocycles. The summed E-state index contributed by atoms with van der Waals surface area (Å²) < 4.78 is 0. The summed E-state index contributed by atoms with van der Waals surface area (Å²) in [6.07, 6.45) is 0. The number of halogens is 1. The van der Waals surface area contributed by atoms with Crippen molar-refractivity contribution < 1.29 is 4.79 Å². The Kier molecular flexibility index (Phi) is 4.81. The van der Waals surface area contributed by atoms with Crippen LogP contribution in [0.5, 0.6) is 0 Å². The number of likely N-dealkylation sites (N-methyl/N-ethyl adjacent to an activating group) is 1. The highest BCUT2D eigenvalue weighted by molar-refractivity contribution is 6.30. The summed E-state index contributed by atoms with van der Waals surface area (Å²) in [7, 11) is 1.78. The largest absolute Gasteiger partial charge is 0.364 e. The molecular weight excluding hydrogens is 286 g/mol. The number of nitriles is 1. The zero-order valence-corrected chi connectivity index (χ0v) is 12.3. The number of anilines is 2. The summed E-state index contributed by atoms with van der Waals surface area (Å²) in [6, 6.07) is 16.2. The Morgan fingerprint density at radius 1 is 1.24 bits per heavy atom. The van der Waals surface area contributed by atoms with Crippen molar-refractivity contribution in [1.82, 2.24) is 0 Å². The Balaban J connectivity index is 2.02. The number of hydrogen-bond acceptors (Lipinski definition) is 3. The second-order valence-corrected chi connectivity index (χ2v) is 4.98. The molecule has 2 rings (SSSR count). The minimum atomic E-state index is -0.160. The molecule has 2 aromatic carbocycles. The number of nitrogens with zero attached hydrogens (tertiary/aromatic N) is 2. The number of rotatable bonds is 4. The molecule has 0 heterocycles. The maximum Gasteiger partial charge on any atom is 0.243 e. The standard InChI is InChI=1S/C16H14ClN3O/c1-20(15-5-3-2-4-12(15)10-18)11-16(21)19-14-8-6-13(17)7-9-14/h2-9H,11H2,1H3,(H,19,21). The molecule has 4 nitrogen and oxygen atoms in total. The molecule has 106 valence electrons. The maximum absolute atomic E-state index is 12.0. The van der Waals surface area contributed by atoms with E-state index in [0.29, 0.717) is 16.3 Å². The average Bonchev–Trinajstić information content (AvgIpc) is 2.49. The van der Waals surface area contributed by atoms with Crippen LogP contribution in [0.25, 0.3) is 0 Å². The average molecular weight is 300 g/mol. The van der Waals surface area contributed by atoms with Crippen LogP contribution in [0, 0.1) is 11.3 Å². The maximum atomic E-state index is 12.0. The quantitative estimate of drug-likeness (QED) is 0.942.